The molecule has 0 spiro atoms. The van der Waals surface area contributed by atoms with E-state index in [4.69, 9.17) is 4.74 Å². The number of nitrogens with zero attached hydrogens (tertiary/aromatic N) is 2. The molecular weight excluding hydrogens is 312 g/mol. The molecule has 0 aromatic heterocycles. The number of hydrogen-bond donors (Lipinski definition) is 0. The summed E-state index contributed by atoms with van der Waals surface area (Å²) in [6.45, 7) is 5.40. The molecule has 2 aliphatic rings. The largest absolute Gasteiger partial charge is 0.454 e. The minimum Gasteiger partial charge on any atom is -0.454 e. The van der Waals surface area contributed by atoms with Crippen molar-refractivity contribution in [2.24, 2.45) is 0 Å². The van der Waals surface area contributed by atoms with Gasteiger partial charge in [0.2, 0.25) is 0 Å². The standard InChI is InChI=1S/C21H24N2O2/c24-21-19-10-5-4-9-18(19)20(25-21)11-6-12-22-13-15-23(16-14-22)17-7-2-1-3-8-17/h1-5,7-10,20H,6,11-16H2. The van der Waals surface area contributed by atoms with Crippen LogP contribution in [0.1, 0.15) is 34.9 Å². The smallest absolute Gasteiger partial charge is 0.339 e. The van der Waals surface area contributed by atoms with Crippen molar-refractivity contribution in [1.82, 2.24) is 4.90 Å². The van der Waals surface area contributed by atoms with Crippen LogP contribution in [0.3, 0.4) is 0 Å². The monoisotopic (exact) mass is 336 g/mol. The second kappa shape index (κ2) is 7.28. The predicted molar refractivity (Wildman–Crippen MR) is 98.9 cm³/mol. The summed E-state index contributed by atoms with van der Waals surface area (Å²) < 4.78 is 5.53. The van der Waals surface area contributed by atoms with Gasteiger partial charge in [0.05, 0.1) is 5.56 Å². The van der Waals surface area contributed by atoms with Gasteiger partial charge in [0, 0.05) is 37.4 Å². The summed E-state index contributed by atoms with van der Waals surface area (Å²) in [5.41, 5.74) is 3.11. The average molecular weight is 336 g/mol. The molecule has 4 heteroatoms. The topological polar surface area (TPSA) is 32.8 Å². The highest BCUT2D eigenvalue weighted by molar-refractivity contribution is 5.93. The maximum Gasteiger partial charge on any atom is 0.339 e. The molecule has 0 aliphatic carbocycles. The zero-order valence-electron chi connectivity index (χ0n) is 14.4. The number of ether oxygens (including phenoxy) is 1. The van der Waals surface area contributed by atoms with Gasteiger partial charge in [0.25, 0.3) is 0 Å². The Morgan fingerprint density at radius 1 is 0.920 bits per heavy atom. The lowest BCUT2D eigenvalue weighted by molar-refractivity contribution is 0.0358. The molecule has 4 nitrogen and oxygen atoms in total. The number of carbonyl (C=O) groups excluding carboxylic acids is 1. The van der Waals surface area contributed by atoms with E-state index in [2.05, 4.69) is 40.1 Å². The number of carbonyl (C=O) groups is 1. The second-order valence-corrected chi connectivity index (χ2v) is 6.79. The third kappa shape index (κ3) is 3.54. The molecule has 2 aromatic rings. The van der Waals surface area contributed by atoms with Gasteiger partial charge in [-0.05, 0) is 37.6 Å². The molecule has 0 saturated carbocycles. The van der Waals surface area contributed by atoms with E-state index in [1.165, 1.54) is 5.69 Å². The molecule has 2 aliphatic heterocycles. The van der Waals surface area contributed by atoms with E-state index in [1.54, 1.807) is 0 Å². The minimum absolute atomic E-state index is 0.0608. The van der Waals surface area contributed by atoms with E-state index in [-0.39, 0.29) is 12.1 Å². The van der Waals surface area contributed by atoms with Crippen molar-refractivity contribution in [3.8, 4) is 0 Å². The molecule has 0 N–H and O–H groups in total. The number of para-hydroxylation sites is 1. The third-order valence-corrected chi connectivity index (χ3v) is 5.21. The van der Waals surface area contributed by atoms with Crippen LogP contribution in [0.5, 0.6) is 0 Å². The summed E-state index contributed by atoms with van der Waals surface area (Å²) >= 11 is 0. The number of fused-ring (bicyclic) bond motifs is 1. The Labute approximate surface area is 149 Å². The summed E-state index contributed by atoms with van der Waals surface area (Å²) in [7, 11) is 0. The zero-order chi connectivity index (χ0) is 17.1. The van der Waals surface area contributed by atoms with E-state index >= 15 is 0 Å². The van der Waals surface area contributed by atoms with E-state index < -0.39 is 0 Å². The van der Waals surface area contributed by atoms with Crippen LogP contribution in [0.25, 0.3) is 0 Å². The predicted octanol–water partition coefficient (Wildman–Crippen LogP) is 3.50. The first-order chi connectivity index (χ1) is 12.3. The first kappa shape index (κ1) is 16.2. The van der Waals surface area contributed by atoms with Crippen LogP contribution < -0.4 is 4.90 Å². The molecule has 2 heterocycles. The van der Waals surface area contributed by atoms with Crippen LogP contribution in [0.15, 0.2) is 54.6 Å². The van der Waals surface area contributed by atoms with Gasteiger partial charge in [-0.1, -0.05) is 36.4 Å². The average Bonchev–Trinajstić information content (AvgIpc) is 2.99. The maximum absolute atomic E-state index is 11.9. The number of rotatable bonds is 5. The van der Waals surface area contributed by atoms with Gasteiger partial charge >= 0.3 is 5.97 Å². The molecule has 0 amide bonds. The van der Waals surface area contributed by atoms with Crippen LogP contribution in [0, 0.1) is 0 Å². The molecule has 0 radical (unpaired) electrons. The Bertz CT molecular complexity index is 724. The van der Waals surface area contributed by atoms with Crippen LogP contribution in [0.4, 0.5) is 5.69 Å². The van der Waals surface area contributed by atoms with E-state index in [9.17, 15) is 4.79 Å². The quantitative estimate of drug-likeness (QED) is 0.783. The lowest BCUT2D eigenvalue weighted by Gasteiger charge is -2.36. The van der Waals surface area contributed by atoms with E-state index in [0.717, 1.165) is 56.7 Å². The van der Waals surface area contributed by atoms with Crippen molar-refractivity contribution in [1.29, 1.82) is 0 Å². The summed E-state index contributed by atoms with van der Waals surface area (Å²) in [5.74, 6) is -0.169. The van der Waals surface area contributed by atoms with Crippen molar-refractivity contribution < 1.29 is 9.53 Å². The number of cyclic esters (lactones) is 1. The molecule has 1 saturated heterocycles. The van der Waals surface area contributed by atoms with Crippen molar-refractivity contribution in [2.75, 3.05) is 37.6 Å². The Morgan fingerprint density at radius 2 is 1.64 bits per heavy atom. The number of benzene rings is 2. The molecule has 130 valence electrons. The second-order valence-electron chi connectivity index (χ2n) is 6.79. The summed E-state index contributed by atoms with van der Waals surface area (Å²) in [6.07, 6.45) is 1.90. The van der Waals surface area contributed by atoms with Crippen LogP contribution >= 0.6 is 0 Å². The summed E-state index contributed by atoms with van der Waals surface area (Å²) in [4.78, 5) is 16.8. The lowest BCUT2D eigenvalue weighted by Crippen LogP contribution is -2.46. The minimum atomic E-state index is -0.169. The van der Waals surface area contributed by atoms with Gasteiger partial charge in [-0.2, -0.15) is 0 Å². The number of anilines is 1. The van der Waals surface area contributed by atoms with Crippen LogP contribution in [-0.2, 0) is 4.74 Å². The van der Waals surface area contributed by atoms with E-state index in [1.807, 2.05) is 24.3 Å². The number of hydrogen-bond acceptors (Lipinski definition) is 4. The molecule has 2 aromatic carbocycles. The summed E-state index contributed by atoms with van der Waals surface area (Å²) in [5, 5.41) is 0. The molecule has 25 heavy (non-hydrogen) atoms. The molecule has 4 rings (SSSR count). The highest BCUT2D eigenvalue weighted by Gasteiger charge is 2.30. The van der Waals surface area contributed by atoms with Gasteiger partial charge in [-0.25, -0.2) is 4.79 Å². The van der Waals surface area contributed by atoms with Crippen molar-refractivity contribution in [2.45, 2.75) is 18.9 Å². The summed E-state index contributed by atoms with van der Waals surface area (Å²) in [6, 6.07) is 18.4. The van der Waals surface area contributed by atoms with Gasteiger partial charge in [-0.3, -0.25) is 4.90 Å². The normalized spacial score (nSPS) is 20.4. The van der Waals surface area contributed by atoms with E-state index in [0.29, 0.717) is 0 Å². The Hall–Kier alpha value is -2.33. The first-order valence-electron chi connectivity index (χ1n) is 9.13. The van der Waals surface area contributed by atoms with Gasteiger partial charge < -0.3 is 9.64 Å². The lowest BCUT2D eigenvalue weighted by atomic mass is 10.0. The van der Waals surface area contributed by atoms with Crippen LogP contribution in [0.2, 0.25) is 0 Å². The highest BCUT2D eigenvalue weighted by atomic mass is 16.5. The molecule has 1 fully saturated rings. The van der Waals surface area contributed by atoms with Crippen molar-refractivity contribution >= 4 is 11.7 Å². The molecule has 0 bridgehead atoms. The number of piperazine rings is 1. The SMILES string of the molecule is O=C1OC(CCCN2CCN(c3ccccc3)CC2)c2ccccc21. The Kier molecular flexibility index (Phi) is 4.70. The van der Waals surface area contributed by atoms with Crippen LogP contribution in [-0.4, -0.2) is 43.6 Å². The Morgan fingerprint density at radius 3 is 2.44 bits per heavy atom. The highest BCUT2D eigenvalue weighted by Crippen LogP contribution is 2.33. The fraction of sp³-hybridized carbons (Fsp3) is 0.381. The molecular formula is C21H24N2O2. The molecule has 1 unspecified atom stereocenters. The third-order valence-electron chi connectivity index (χ3n) is 5.21. The van der Waals surface area contributed by atoms with Gasteiger partial charge in [0.15, 0.2) is 0 Å². The zero-order valence-corrected chi connectivity index (χ0v) is 14.4. The maximum atomic E-state index is 11.9. The first-order valence-corrected chi connectivity index (χ1v) is 9.13. The fourth-order valence-corrected chi connectivity index (χ4v) is 3.80. The fourth-order valence-electron chi connectivity index (χ4n) is 3.80. The van der Waals surface area contributed by atoms with Crippen molar-refractivity contribution in [3.05, 3.63) is 65.7 Å². The molecule has 1 atom stereocenters. The number of esters is 1. The Balaban J connectivity index is 1.24. The van der Waals surface area contributed by atoms with Gasteiger partial charge in [0.1, 0.15) is 6.10 Å². The van der Waals surface area contributed by atoms with Gasteiger partial charge in [-0.15, -0.1) is 0 Å². The van der Waals surface area contributed by atoms with Crippen molar-refractivity contribution in [3.63, 3.8) is 0 Å².